The fourth-order valence-corrected chi connectivity index (χ4v) is 3.35. The number of esters is 1. The standard InChI is InChI=1S/C19H23N3O3/c1-25-19(24)18-16(11-20-21-18)13-22-9-5-8-15(12-22)17(23)10-14-6-3-2-4-7-14/h2-4,6-7,11,15H,5,8-10,12-13H2,1H3,(H,20,21)/t15-/m0/s1. The number of ketones is 1. The van der Waals surface area contributed by atoms with Crippen molar-refractivity contribution in [3.63, 3.8) is 0 Å². The van der Waals surface area contributed by atoms with Crippen molar-refractivity contribution in [1.82, 2.24) is 15.1 Å². The summed E-state index contributed by atoms with van der Waals surface area (Å²) in [6, 6.07) is 9.87. The first-order valence-electron chi connectivity index (χ1n) is 8.57. The fourth-order valence-electron chi connectivity index (χ4n) is 3.35. The SMILES string of the molecule is COC(=O)c1[nH]ncc1CN1CCC[C@H](C(=O)Cc2ccccc2)C1. The van der Waals surface area contributed by atoms with Crippen molar-refractivity contribution in [3.8, 4) is 0 Å². The van der Waals surface area contributed by atoms with Gasteiger partial charge in [0.15, 0.2) is 0 Å². The van der Waals surface area contributed by atoms with Crippen LogP contribution in [0.15, 0.2) is 36.5 Å². The van der Waals surface area contributed by atoms with Crippen LogP contribution in [0.2, 0.25) is 0 Å². The monoisotopic (exact) mass is 341 g/mol. The zero-order valence-electron chi connectivity index (χ0n) is 14.4. The molecule has 1 aliphatic rings. The number of rotatable bonds is 6. The van der Waals surface area contributed by atoms with E-state index < -0.39 is 5.97 Å². The first-order valence-corrected chi connectivity index (χ1v) is 8.57. The van der Waals surface area contributed by atoms with Crippen LogP contribution in [-0.4, -0.2) is 47.0 Å². The van der Waals surface area contributed by atoms with Gasteiger partial charge in [-0.2, -0.15) is 5.10 Å². The Labute approximate surface area is 147 Å². The van der Waals surface area contributed by atoms with Crippen molar-refractivity contribution >= 4 is 11.8 Å². The Balaban J connectivity index is 1.61. The van der Waals surface area contributed by atoms with E-state index >= 15 is 0 Å². The molecule has 1 saturated heterocycles. The van der Waals surface area contributed by atoms with E-state index in [0.717, 1.165) is 37.1 Å². The van der Waals surface area contributed by atoms with Crippen LogP contribution in [0.4, 0.5) is 0 Å². The van der Waals surface area contributed by atoms with E-state index in [1.807, 2.05) is 30.3 Å². The summed E-state index contributed by atoms with van der Waals surface area (Å²) in [4.78, 5) is 26.6. The lowest BCUT2D eigenvalue weighted by atomic mass is 9.90. The van der Waals surface area contributed by atoms with Crippen molar-refractivity contribution in [2.45, 2.75) is 25.8 Å². The molecule has 0 saturated carbocycles. The van der Waals surface area contributed by atoms with E-state index in [4.69, 9.17) is 4.74 Å². The molecule has 0 amide bonds. The number of piperidine rings is 1. The Hall–Kier alpha value is -2.47. The molecule has 0 unspecified atom stereocenters. The van der Waals surface area contributed by atoms with Gasteiger partial charge < -0.3 is 4.74 Å². The van der Waals surface area contributed by atoms with Gasteiger partial charge >= 0.3 is 5.97 Å². The molecule has 1 aliphatic heterocycles. The number of hydrogen-bond donors (Lipinski definition) is 1. The molecule has 2 heterocycles. The molecule has 0 bridgehead atoms. The quantitative estimate of drug-likeness (QED) is 0.816. The molecule has 1 aromatic heterocycles. The van der Waals surface area contributed by atoms with Crippen LogP contribution < -0.4 is 0 Å². The van der Waals surface area contributed by atoms with Gasteiger partial charge in [-0.05, 0) is 24.9 Å². The molecular weight excluding hydrogens is 318 g/mol. The minimum atomic E-state index is -0.416. The molecule has 1 N–H and O–H groups in total. The minimum Gasteiger partial charge on any atom is -0.464 e. The highest BCUT2D eigenvalue weighted by Crippen LogP contribution is 2.21. The second-order valence-electron chi connectivity index (χ2n) is 6.46. The number of carbonyl (C=O) groups excluding carboxylic acids is 2. The maximum atomic E-state index is 12.6. The Bertz CT molecular complexity index is 727. The average molecular weight is 341 g/mol. The number of nitrogens with one attached hydrogen (secondary N) is 1. The average Bonchev–Trinajstić information content (AvgIpc) is 3.10. The van der Waals surface area contributed by atoms with Gasteiger partial charge in [-0.25, -0.2) is 4.79 Å². The number of H-pyrrole nitrogens is 1. The fraction of sp³-hybridized carbons (Fsp3) is 0.421. The van der Waals surface area contributed by atoms with Crippen LogP contribution in [-0.2, 0) is 22.5 Å². The van der Waals surface area contributed by atoms with Crippen LogP contribution >= 0.6 is 0 Å². The van der Waals surface area contributed by atoms with Gasteiger partial charge in [-0.15, -0.1) is 0 Å². The van der Waals surface area contributed by atoms with Crippen molar-refractivity contribution < 1.29 is 14.3 Å². The highest BCUT2D eigenvalue weighted by atomic mass is 16.5. The van der Waals surface area contributed by atoms with Crippen LogP contribution in [0, 0.1) is 5.92 Å². The Kier molecular flexibility index (Phi) is 5.60. The molecular formula is C19H23N3O3. The lowest BCUT2D eigenvalue weighted by Gasteiger charge is -2.31. The van der Waals surface area contributed by atoms with Crippen molar-refractivity contribution in [2.75, 3.05) is 20.2 Å². The van der Waals surface area contributed by atoms with Crippen LogP contribution in [0.25, 0.3) is 0 Å². The predicted molar refractivity (Wildman–Crippen MR) is 93.1 cm³/mol. The number of carbonyl (C=O) groups is 2. The first kappa shape index (κ1) is 17.4. The van der Waals surface area contributed by atoms with Crippen molar-refractivity contribution in [1.29, 1.82) is 0 Å². The lowest BCUT2D eigenvalue weighted by molar-refractivity contribution is -0.124. The molecule has 3 rings (SSSR count). The molecule has 1 fully saturated rings. The lowest BCUT2D eigenvalue weighted by Crippen LogP contribution is -2.39. The Morgan fingerprint density at radius 2 is 2.12 bits per heavy atom. The number of aromatic nitrogens is 2. The van der Waals surface area contributed by atoms with Crippen LogP contribution in [0.1, 0.15) is 34.5 Å². The Morgan fingerprint density at radius 3 is 2.88 bits per heavy atom. The maximum absolute atomic E-state index is 12.6. The van der Waals surface area contributed by atoms with Gasteiger partial charge in [0.05, 0.1) is 13.3 Å². The Morgan fingerprint density at radius 1 is 1.32 bits per heavy atom. The molecule has 25 heavy (non-hydrogen) atoms. The summed E-state index contributed by atoms with van der Waals surface area (Å²) >= 11 is 0. The normalized spacial score (nSPS) is 18.0. The molecule has 1 atom stereocenters. The van der Waals surface area contributed by atoms with Gasteiger partial charge in [0, 0.05) is 31.0 Å². The van der Waals surface area contributed by atoms with E-state index in [0.29, 0.717) is 18.7 Å². The van der Waals surface area contributed by atoms with Gasteiger partial charge in [0.25, 0.3) is 0 Å². The summed E-state index contributed by atoms with van der Waals surface area (Å²) in [5.41, 5.74) is 2.26. The van der Waals surface area contributed by atoms with E-state index in [9.17, 15) is 9.59 Å². The number of hydrogen-bond acceptors (Lipinski definition) is 5. The summed E-state index contributed by atoms with van der Waals surface area (Å²) in [7, 11) is 1.35. The van der Waals surface area contributed by atoms with Crippen molar-refractivity contribution in [2.24, 2.45) is 5.92 Å². The molecule has 0 aliphatic carbocycles. The molecule has 0 spiro atoms. The molecule has 2 aromatic rings. The van der Waals surface area contributed by atoms with E-state index in [1.54, 1.807) is 6.20 Å². The van der Waals surface area contributed by atoms with Gasteiger partial charge in [-0.3, -0.25) is 14.8 Å². The topological polar surface area (TPSA) is 75.3 Å². The number of methoxy groups -OCH3 is 1. The van der Waals surface area contributed by atoms with E-state index in [-0.39, 0.29) is 11.7 Å². The smallest absolute Gasteiger partial charge is 0.356 e. The number of benzene rings is 1. The molecule has 0 radical (unpaired) electrons. The molecule has 6 heteroatoms. The largest absolute Gasteiger partial charge is 0.464 e. The first-order chi connectivity index (χ1) is 12.2. The molecule has 132 valence electrons. The number of nitrogens with zero attached hydrogens (tertiary/aromatic N) is 2. The zero-order chi connectivity index (χ0) is 17.6. The molecule has 1 aromatic carbocycles. The minimum absolute atomic E-state index is 0.0439. The highest BCUT2D eigenvalue weighted by molar-refractivity contribution is 5.88. The van der Waals surface area contributed by atoms with Crippen molar-refractivity contribution in [3.05, 3.63) is 53.3 Å². The summed E-state index contributed by atoms with van der Waals surface area (Å²) in [5, 5.41) is 6.64. The zero-order valence-corrected chi connectivity index (χ0v) is 14.4. The second-order valence-corrected chi connectivity index (χ2v) is 6.46. The van der Waals surface area contributed by atoms with Crippen LogP contribution in [0.3, 0.4) is 0 Å². The van der Waals surface area contributed by atoms with Gasteiger partial charge in [0.1, 0.15) is 11.5 Å². The number of Topliss-reactive ketones (excluding diaryl/α,β-unsaturated/α-hetero) is 1. The maximum Gasteiger partial charge on any atom is 0.356 e. The predicted octanol–water partition coefficient (Wildman–Crippen LogP) is 2.22. The molecule has 6 nitrogen and oxygen atoms in total. The third kappa shape index (κ3) is 4.33. The summed E-state index contributed by atoms with van der Waals surface area (Å²) in [6.45, 7) is 2.23. The third-order valence-electron chi connectivity index (χ3n) is 4.68. The number of likely N-dealkylation sites (tertiary alicyclic amines) is 1. The summed E-state index contributed by atoms with van der Waals surface area (Å²) in [6.07, 6.45) is 4.05. The van der Waals surface area contributed by atoms with E-state index in [2.05, 4.69) is 15.1 Å². The van der Waals surface area contributed by atoms with E-state index in [1.165, 1.54) is 7.11 Å². The highest BCUT2D eigenvalue weighted by Gasteiger charge is 2.27. The number of aromatic amines is 1. The van der Waals surface area contributed by atoms with Gasteiger partial charge in [0.2, 0.25) is 0 Å². The number of ether oxygens (including phenoxy) is 1. The van der Waals surface area contributed by atoms with Gasteiger partial charge in [-0.1, -0.05) is 30.3 Å². The second kappa shape index (κ2) is 8.07. The summed E-state index contributed by atoms with van der Waals surface area (Å²) < 4.78 is 4.77. The summed E-state index contributed by atoms with van der Waals surface area (Å²) in [5.74, 6) is -0.0834. The third-order valence-corrected chi connectivity index (χ3v) is 4.68. The van der Waals surface area contributed by atoms with Crippen LogP contribution in [0.5, 0.6) is 0 Å².